The van der Waals surface area contributed by atoms with Gasteiger partial charge < -0.3 is 0 Å². The van der Waals surface area contributed by atoms with Crippen molar-refractivity contribution in [2.45, 2.75) is 26.7 Å². The van der Waals surface area contributed by atoms with Crippen LogP contribution in [0.25, 0.3) is 0 Å². The Morgan fingerprint density at radius 2 is 1.88 bits per heavy atom. The monoisotopic (exact) mass is 208 g/mol. The number of fused-ring (bicyclic) bond motifs is 2. The van der Waals surface area contributed by atoms with Gasteiger partial charge in [-0.2, -0.15) is 0 Å². The van der Waals surface area contributed by atoms with Crippen LogP contribution in [0.4, 0.5) is 0 Å². The summed E-state index contributed by atoms with van der Waals surface area (Å²) in [6, 6.07) is 0. The highest BCUT2D eigenvalue weighted by molar-refractivity contribution is 5.62. The molecule has 0 nitrogen and oxygen atoms in total. The summed E-state index contributed by atoms with van der Waals surface area (Å²) in [7, 11) is 0. The Hall–Kier alpha value is -1.30. The van der Waals surface area contributed by atoms with Gasteiger partial charge in [0.25, 0.3) is 0 Å². The number of hydrogen-bond acceptors (Lipinski definition) is 0. The van der Waals surface area contributed by atoms with Gasteiger partial charge in [0.05, 0.1) is 0 Å². The standard InChI is InChI=1S/C16H16/c1-11-6-7-13-9-14-5-3-4-12(2)16(14)10-15(13)8-11/h3-7,9H,8,10H2,1-2H3. The minimum atomic E-state index is 1.13. The zero-order valence-corrected chi connectivity index (χ0v) is 9.88. The molecule has 80 valence electrons. The van der Waals surface area contributed by atoms with Crippen LogP contribution in [0, 0.1) is 12.3 Å². The van der Waals surface area contributed by atoms with Crippen LogP contribution in [-0.2, 0) is 0 Å². The fraction of sp³-hybridized carbons (Fsp3) is 0.250. The number of hydrogen-bond donors (Lipinski definition) is 0. The second-order valence-corrected chi connectivity index (χ2v) is 4.88. The van der Waals surface area contributed by atoms with Crippen molar-refractivity contribution >= 4 is 0 Å². The first-order valence-electron chi connectivity index (χ1n) is 5.90. The first-order chi connectivity index (χ1) is 7.74. The maximum atomic E-state index is 2.34. The maximum Gasteiger partial charge on any atom is 0.0134 e. The van der Waals surface area contributed by atoms with E-state index in [1.807, 2.05) is 0 Å². The predicted octanol–water partition coefficient (Wildman–Crippen LogP) is 4.26. The van der Waals surface area contributed by atoms with E-state index in [-0.39, 0.29) is 0 Å². The van der Waals surface area contributed by atoms with Crippen LogP contribution in [0.5, 0.6) is 0 Å². The highest BCUT2D eigenvalue weighted by atomic mass is 14.3. The van der Waals surface area contributed by atoms with Gasteiger partial charge in [-0.3, -0.25) is 0 Å². The Bertz CT molecular complexity index is 478. The minimum absolute atomic E-state index is 1.13. The van der Waals surface area contributed by atoms with E-state index in [4.69, 9.17) is 0 Å². The van der Waals surface area contributed by atoms with Crippen LogP contribution in [0.15, 0.2) is 58.2 Å². The van der Waals surface area contributed by atoms with Crippen LogP contribution < -0.4 is 0 Å². The largest absolute Gasteiger partial charge is 0.0758 e. The molecule has 0 spiro atoms. The molecular weight excluding hydrogens is 192 g/mol. The van der Waals surface area contributed by atoms with Crippen LogP contribution in [-0.4, -0.2) is 0 Å². The van der Waals surface area contributed by atoms with Gasteiger partial charge in [0.15, 0.2) is 0 Å². The lowest BCUT2D eigenvalue weighted by molar-refractivity contribution is 0.846. The molecule has 16 heavy (non-hydrogen) atoms. The van der Waals surface area contributed by atoms with Gasteiger partial charge in [-0.05, 0) is 49.0 Å². The van der Waals surface area contributed by atoms with Gasteiger partial charge >= 0.3 is 0 Å². The molecule has 2 radical (unpaired) electrons. The average Bonchev–Trinajstić information content (AvgIpc) is 2.28. The smallest absolute Gasteiger partial charge is 0.0134 e. The Balaban J connectivity index is 2.05. The molecule has 0 fully saturated rings. The maximum absolute atomic E-state index is 2.34. The Morgan fingerprint density at radius 3 is 2.75 bits per heavy atom. The molecule has 0 saturated carbocycles. The molecule has 0 unspecified atom stereocenters. The summed E-state index contributed by atoms with van der Waals surface area (Å²) in [5.74, 6) is 1.59. The van der Waals surface area contributed by atoms with Crippen molar-refractivity contribution in [1.82, 2.24) is 0 Å². The molecule has 3 aliphatic carbocycles. The molecule has 3 aliphatic rings. The summed E-state index contributed by atoms with van der Waals surface area (Å²) in [6.45, 7) is 4.43. The Labute approximate surface area is 97.7 Å². The van der Waals surface area contributed by atoms with Crippen LogP contribution in [0.1, 0.15) is 26.7 Å². The second kappa shape index (κ2) is 3.62. The van der Waals surface area contributed by atoms with E-state index in [0.29, 0.717) is 0 Å². The van der Waals surface area contributed by atoms with E-state index in [2.05, 4.69) is 50.6 Å². The summed E-state index contributed by atoms with van der Waals surface area (Å²) < 4.78 is 0. The zero-order valence-electron chi connectivity index (χ0n) is 9.88. The van der Waals surface area contributed by atoms with E-state index >= 15 is 0 Å². The fourth-order valence-electron chi connectivity index (χ4n) is 2.64. The van der Waals surface area contributed by atoms with E-state index in [1.54, 1.807) is 5.92 Å². The molecule has 0 saturated heterocycles. The Kier molecular flexibility index (Phi) is 2.24. The zero-order chi connectivity index (χ0) is 11.1. The number of rotatable bonds is 0. The van der Waals surface area contributed by atoms with Crippen molar-refractivity contribution in [2.24, 2.45) is 0 Å². The predicted molar refractivity (Wildman–Crippen MR) is 68.5 cm³/mol. The average molecular weight is 208 g/mol. The van der Waals surface area contributed by atoms with Gasteiger partial charge in [0.1, 0.15) is 0 Å². The molecule has 0 heterocycles. The summed E-state index contributed by atoms with van der Waals surface area (Å²) >= 11 is 0. The SMILES string of the molecule is CC1=CC=C2C=C3[CH]C=CC(C)=C3C[C]2C1. The topological polar surface area (TPSA) is 0 Å². The quantitative estimate of drug-likeness (QED) is 0.558. The summed E-state index contributed by atoms with van der Waals surface area (Å²) in [6.07, 6.45) is 15.7. The van der Waals surface area contributed by atoms with E-state index in [1.165, 1.54) is 27.9 Å². The van der Waals surface area contributed by atoms with Crippen LogP contribution >= 0.6 is 0 Å². The first-order valence-corrected chi connectivity index (χ1v) is 5.90. The summed E-state index contributed by atoms with van der Waals surface area (Å²) in [5, 5.41) is 0. The first kappa shape index (κ1) is 9.89. The second-order valence-electron chi connectivity index (χ2n) is 4.88. The molecule has 0 amide bonds. The molecule has 0 atom stereocenters. The van der Waals surface area contributed by atoms with Gasteiger partial charge in [0.2, 0.25) is 0 Å². The Morgan fingerprint density at radius 1 is 1.00 bits per heavy atom. The van der Waals surface area contributed by atoms with E-state index < -0.39 is 0 Å². The molecule has 0 N–H and O–H groups in total. The molecule has 0 aromatic heterocycles. The summed E-state index contributed by atoms with van der Waals surface area (Å²) in [4.78, 5) is 0. The molecular formula is C16H16. The number of allylic oxidation sites excluding steroid dienone is 10. The molecule has 0 aliphatic heterocycles. The van der Waals surface area contributed by atoms with Crippen molar-refractivity contribution < 1.29 is 0 Å². The van der Waals surface area contributed by atoms with Crippen molar-refractivity contribution in [3.63, 3.8) is 0 Å². The molecule has 0 aromatic rings. The van der Waals surface area contributed by atoms with Crippen molar-refractivity contribution in [3.05, 3.63) is 70.6 Å². The molecule has 3 rings (SSSR count). The minimum Gasteiger partial charge on any atom is -0.0758 e. The summed E-state index contributed by atoms with van der Waals surface area (Å²) in [5.41, 5.74) is 7.26. The third-order valence-corrected chi connectivity index (χ3v) is 3.60. The van der Waals surface area contributed by atoms with Crippen molar-refractivity contribution in [2.75, 3.05) is 0 Å². The van der Waals surface area contributed by atoms with Crippen molar-refractivity contribution in [1.29, 1.82) is 0 Å². The highest BCUT2D eigenvalue weighted by Crippen LogP contribution is 2.43. The van der Waals surface area contributed by atoms with Gasteiger partial charge in [0, 0.05) is 12.3 Å². The van der Waals surface area contributed by atoms with Gasteiger partial charge in [-0.25, -0.2) is 0 Å². The van der Waals surface area contributed by atoms with E-state index in [9.17, 15) is 0 Å². The van der Waals surface area contributed by atoms with Crippen LogP contribution in [0.2, 0.25) is 0 Å². The lowest BCUT2D eigenvalue weighted by Crippen LogP contribution is -2.14. The van der Waals surface area contributed by atoms with Crippen LogP contribution in [0.3, 0.4) is 0 Å². The van der Waals surface area contributed by atoms with Gasteiger partial charge in [-0.1, -0.05) is 36.0 Å². The molecule has 0 aromatic carbocycles. The fourth-order valence-corrected chi connectivity index (χ4v) is 2.64. The third kappa shape index (κ3) is 1.53. The van der Waals surface area contributed by atoms with Crippen molar-refractivity contribution in [3.8, 4) is 0 Å². The lowest BCUT2D eigenvalue weighted by atomic mass is 9.73. The molecule has 0 heteroatoms. The third-order valence-electron chi connectivity index (χ3n) is 3.60. The van der Waals surface area contributed by atoms with E-state index in [0.717, 1.165) is 12.8 Å². The van der Waals surface area contributed by atoms with Gasteiger partial charge in [-0.15, -0.1) is 0 Å². The lowest BCUT2D eigenvalue weighted by Gasteiger charge is -2.31. The normalized spacial score (nSPS) is 24.5. The molecule has 0 bridgehead atoms. The highest BCUT2D eigenvalue weighted by Gasteiger charge is 2.26.